The van der Waals surface area contributed by atoms with E-state index in [4.69, 9.17) is 5.11 Å². The van der Waals surface area contributed by atoms with Crippen molar-refractivity contribution in [1.82, 2.24) is 0 Å². The first-order valence-electron chi connectivity index (χ1n) is 3.59. The van der Waals surface area contributed by atoms with Crippen LogP contribution in [0.2, 0.25) is 0 Å². The largest absolute Gasteiger partial charge is 0.481 e. The zero-order chi connectivity index (χ0) is 7.56. The summed E-state index contributed by atoms with van der Waals surface area (Å²) in [6, 6.07) is 0. The lowest BCUT2D eigenvalue weighted by Gasteiger charge is -2.20. The van der Waals surface area contributed by atoms with E-state index >= 15 is 0 Å². The summed E-state index contributed by atoms with van der Waals surface area (Å²) in [5.74, 6) is -0.989. The van der Waals surface area contributed by atoms with Crippen LogP contribution in [-0.2, 0) is 9.90 Å². The molecule has 0 aromatic rings. The van der Waals surface area contributed by atoms with Crippen molar-refractivity contribution in [2.75, 3.05) is 0 Å². The summed E-state index contributed by atoms with van der Waals surface area (Å²) in [4.78, 5) is 10.4. The van der Waals surface area contributed by atoms with E-state index in [2.05, 4.69) is 0 Å². The summed E-state index contributed by atoms with van der Waals surface area (Å²) in [6.45, 7) is 0. The Labute approximate surface area is 59.7 Å². The van der Waals surface area contributed by atoms with E-state index in [0.29, 0.717) is 25.7 Å². The Kier molecular flexibility index (Phi) is 2.27. The first-order valence-corrected chi connectivity index (χ1v) is 3.59. The lowest BCUT2D eigenvalue weighted by molar-refractivity contribution is -0.143. The highest BCUT2D eigenvalue weighted by Gasteiger charge is 2.24. The van der Waals surface area contributed by atoms with Crippen molar-refractivity contribution in [3.05, 3.63) is 0 Å². The monoisotopic (exact) mass is 143 g/mol. The average Bonchev–Trinajstić information content (AvgIpc) is 1.88. The molecule has 0 unspecified atom stereocenters. The standard InChI is InChI=1S/C7H11O3/c8-6-3-1-5(2-4-6)7(9)10/h5-6H,1-4H2,(H,9,10). The molecule has 1 saturated carbocycles. The summed E-state index contributed by atoms with van der Waals surface area (Å²) in [5.41, 5.74) is 0. The second kappa shape index (κ2) is 3.01. The third-order valence-electron chi connectivity index (χ3n) is 2.02. The van der Waals surface area contributed by atoms with Gasteiger partial charge in [-0.05, 0) is 25.7 Å². The van der Waals surface area contributed by atoms with E-state index in [-0.39, 0.29) is 5.92 Å². The molecule has 3 heteroatoms. The number of aliphatic carboxylic acids is 1. The van der Waals surface area contributed by atoms with Gasteiger partial charge in [0.1, 0.15) is 0 Å². The van der Waals surface area contributed by atoms with Gasteiger partial charge in [-0.1, -0.05) is 0 Å². The first-order chi connectivity index (χ1) is 4.70. The smallest absolute Gasteiger partial charge is 0.306 e. The summed E-state index contributed by atoms with van der Waals surface area (Å²) < 4.78 is 0. The van der Waals surface area contributed by atoms with Crippen molar-refractivity contribution in [2.45, 2.75) is 31.8 Å². The molecule has 1 aliphatic rings. The van der Waals surface area contributed by atoms with Gasteiger partial charge in [-0.3, -0.25) is 4.79 Å². The number of carboxylic acid groups (broad SMARTS) is 1. The molecule has 0 amide bonds. The molecule has 0 saturated heterocycles. The molecule has 0 heterocycles. The second-order valence-corrected chi connectivity index (χ2v) is 2.81. The summed E-state index contributed by atoms with van der Waals surface area (Å²) >= 11 is 0. The zero-order valence-electron chi connectivity index (χ0n) is 5.75. The third kappa shape index (κ3) is 1.70. The van der Waals surface area contributed by atoms with Crippen molar-refractivity contribution in [1.29, 1.82) is 0 Å². The molecule has 57 valence electrons. The predicted molar refractivity (Wildman–Crippen MR) is 34.1 cm³/mol. The molecule has 0 spiro atoms. The van der Waals surface area contributed by atoms with Gasteiger partial charge in [-0.2, -0.15) is 0 Å². The van der Waals surface area contributed by atoms with Crippen LogP contribution in [-0.4, -0.2) is 17.2 Å². The molecule has 0 aromatic carbocycles. The topological polar surface area (TPSA) is 57.2 Å². The van der Waals surface area contributed by atoms with Crippen LogP contribution in [0, 0.1) is 5.92 Å². The normalized spacial score (nSPS) is 33.7. The maximum atomic E-state index is 10.7. The van der Waals surface area contributed by atoms with Crippen LogP contribution in [0.3, 0.4) is 0 Å². The van der Waals surface area contributed by atoms with Gasteiger partial charge >= 0.3 is 5.97 Å². The molecule has 1 rings (SSSR count). The molecule has 3 nitrogen and oxygen atoms in total. The molecule has 0 bridgehead atoms. The summed E-state index contributed by atoms with van der Waals surface area (Å²) in [7, 11) is 0. The highest BCUT2D eigenvalue weighted by atomic mass is 16.4. The Morgan fingerprint density at radius 3 is 2.10 bits per heavy atom. The number of carboxylic acids is 1. The highest BCUT2D eigenvalue weighted by molar-refractivity contribution is 5.69. The molecule has 1 fully saturated rings. The minimum absolute atomic E-state index is 0.245. The predicted octanol–water partition coefficient (Wildman–Crippen LogP) is 1.06. The Balaban J connectivity index is 2.33. The third-order valence-corrected chi connectivity index (χ3v) is 2.02. The fraction of sp³-hybridized carbons (Fsp3) is 0.857. The second-order valence-electron chi connectivity index (χ2n) is 2.81. The van der Waals surface area contributed by atoms with Crippen molar-refractivity contribution in [3.8, 4) is 0 Å². The van der Waals surface area contributed by atoms with Gasteiger partial charge < -0.3 is 5.11 Å². The molecular formula is C7H11O3. The van der Waals surface area contributed by atoms with Crippen LogP contribution in [0.1, 0.15) is 25.7 Å². The maximum absolute atomic E-state index is 10.7. The van der Waals surface area contributed by atoms with Gasteiger partial charge in [-0.25, -0.2) is 5.11 Å². The Morgan fingerprint density at radius 2 is 1.70 bits per heavy atom. The summed E-state index contributed by atoms with van der Waals surface area (Å²) in [6.07, 6.45) is 1.72. The fourth-order valence-electron chi connectivity index (χ4n) is 1.31. The average molecular weight is 143 g/mol. The minimum Gasteiger partial charge on any atom is -0.481 e. The van der Waals surface area contributed by atoms with Gasteiger partial charge in [0.15, 0.2) is 0 Å². The van der Waals surface area contributed by atoms with Crippen molar-refractivity contribution in [3.63, 3.8) is 0 Å². The Bertz CT molecular complexity index is 125. The van der Waals surface area contributed by atoms with E-state index in [9.17, 15) is 9.90 Å². The lowest BCUT2D eigenvalue weighted by atomic mass is 9.88. The van der Waals surface area contributed by atoms with E-state index in [1.165, 1.54) is 0 Å². The van der Waals surface area contributed by atoms with Gasteiger partial charge in [0, 0.05) is 0 Å². The fourth-order valence-corrected chi connectivity index (χ4v) is 1.31. The maximum Gasteiger partial charge on any atom is 0.306 e. The van der Waals surface area contributed by atoms with Crippen LogP contribution in [0.25, 0.3) is 0 Å². The minimum atomic E-state index is -0.744. The van der Waals surface area contributed by atoms with E-state index in [0.717, 1.165) is 0 Å². The quantitative estimate of drug-likeness (QED) is 0.596. The molecule has 1 radical (unpaired) electrons. The van der Waals surface area contributed by atoms with Crippen LogP contribution in [0.15, 0.2) is 0 Å². The van der Waals surface area contributed by atoms with Crippen molar-refractivity contribution >= 4 is 5.97 Å². The molecule has 0 atom stereocenters. The highest BCUT2D eigenvalue weighted by Crippen LogP contribution is 2.24. The van der Waals surface area contributed by atoms with Gasteiger partial charge in [0.25, 0.3) is 0 Å². The molecular weight excluding hydrogens is 132 g/mol. The van der Waals surface area contributed by atoms with Crippen molar-refractivity contribution in [2.24, 2.45) is 5.92 Å². The van der Waals surface area contributed by atoms with Gasteiger partial charge in [0.05, 0.1) is 12.0 Å². The first kappa shape index (κ1) is 7.54. The van der Waals surface area contributed by atoms with Crippen LogP contribution >= 0.6 is 0 Å². The SMILES string of the molecule is [O]C1CCC(C(=O)O)CC1. The molecule has 0 aromatic heterocycles. The number of rotatable bonds is 1. The van der Waals surface area contributed by atoms with Crippen molar-refractivity contribution < 1.29 is 15.0 Å². The molecule has 1 aliphatic carbocycles. The molecule has 10 heavy (non-hydrogen) atoms. The van der Waals surface area contributed by atoms with Crippen LogP contribution in [0.5, 0.6) is 0 Å². The Hall–Kier alpha value is -0.570. The van der Waals surface area contributed by atoms with E-state index < -0.39 is 12.1 Å². The van der Waals surface area contributed by atoms with Gasteiger partial charge in [-0.15, -0.1) is 0 Å². The molecule has 0 aliphatic heterocycles. The zero-order valence-corrected chi connectivity index (χ0v) is 5.75. The number of hydrogen-bond donors (Lipinski definition) is 1. The van der Waals surface area contributed by atoms with E-state index in [1.807, 2.05) is 0 Å². The van der Waals surface area contributed by atoms with Crippen LogP contribution < -0.4 is 0 Å². The lowest BCUT2D eigenvalue weighted by Crippen LogP contribution is -2.23. The molecule has 1 N–H and O–H groups in total. The van der Waals surface area contributed by atoms with Gasteiger partial charge in [0.2, 0.25) is 0 Å². The number of hydrogen-bond acceptors (Lipinski definition) is 1. The van der Waals surface area contributed by atoms with Crippen LogP contribution in [0.4, 0.5) is 0 Å². The summed E-state index contributed by atoms with van der Waals surface area (Å²) in [5, 5.41) is 19.2. The number of carbonyl (C=O) groups is 1. The Morgan fingerprint density at radius 1 is 1.20 bits per heavy atom. The van der Waals surface area contributed by atoms with E-state index in [1.54, 1.807) is 0 Å².